The molecule has 1 fully saturated rings. The van der Waals surface area contributed by atoms with Crippen molar-refractivity contribution < 1.29 is 13.2 Å². The highest BCUT2D eigenvalue weighted by atomic mass is 35.7. The van der Waals surface area contributed by atoms with Crippen LogP contribution in [-0.2, 0) is 9.05 Å². The van der Waals surface area contributed by atoms with E-state index in [1.165, 1.54) is 24.6 Å². The quantitative estimate of drug-likeness (QED) is 0.872. The van der Waals surface area contributed by atoms with E-state index in [0.29, 0.717) is 11.1 Å². The number of carbonyl (C=O) groups is 1. The summed E-state index contributed by atoms with van der Waals surface area (Å²) in [5.41, 5.74) is 1.11. The molecule has 0 spiro atoms. The first-order valence-electron chi connectivity index (χ1n) is 6.74. The smallest absolute Gasteiger partial charge is 0.261 e. The highest BCUT2D eigenvalue weighted by Crippen LogP contribution is 2.21. The van der Waals surface area contributed by atoms with Crippen LogP contribution in [0.15, 0.2) is 23.1 Å². The van der Waals surface area contributed by atoms with Crippen LogP contribution in [0.2, 0.25) is 0 Å². The summed E-state index contributed by atoms with van der Waals surface area (Å²) in [6, 6.07) is 4.54. The van der Waals surface area contributed by atoms with Crippen molar-refractivity contribution in [2.75, 3.05) is 0 Å². The molecule has 1 aliphatic rings. The average Bonchev–Trinajstić information content (AvgIpc) is 2.38. The van der Waals surface area contributed by atoms with Crippen molar-refractivity contribution in [1.82, 2.24) is 5.32 Å². The number of aryl methyl sites for hydroxylation is 1. The second kappa shape index (κ2) is 6.14. The number of halogens is 1. The van der Waals surface area contributed by atoms with Gasteiger partial charge in [-0.15, -0.1) is 0 Å². The molecule has 1 amide bonds. The topological polar surface area (TPSA) is 63.2 Å². The summed E-state index contributed by atoms with van der Waals surface area (Å²) in [6.45, 7) is 1.71. The van der Waals surface area contributed by atoms with Gasteiger partial charge in [0.2, 0.25) is 0 Å². The van der Waals surface area contributed by atoms with E-state index in [4.69, 9.17) is 10.7 Å². The summed E-state index contributed by atoms with van der Waals surface area (Å²) in [4.78, 5) is 12.2. The zero-order valence-corrected chi connectivity index (χ0v) is 12.9. The third-order valence-corrected chi connectivity index (χ3v) is 5.02. The summed E-state index contributed by atoms with van der Waals surface area (Å²) in [7, 11) is 1.54. The molecule has 0 unspecified atom stereocenters. The van der Waals surface area contributed by atoms with Gasteiger partial charge >= 0.3 is 0 Å². The van der Waals surface area contributed by atoms with Gasteiger partial charge < -0.3 is 5.32 Å². The van der Waals surface area contributed by atoms with E-state index in [-0.39, 0.29) is 16.8 Å². The summed E-state index contributed by atoms with van der Waals surface area (Å²) >= 11 is 0. The number of hydrogen-bond acceptors (Lipinski definition) is 3. The summed E-state index contributed by atoms with van der Waals surface area (Å²) in [5, 5.41) is 3.01. The molecule has 0 atom stereocenters. The first kappa shape index (κ1) is 15.3. The fourth-order valence-corrected chi connectivity index (χ4v) is 3.39. The minimum absolute atomic E-state index is 0.0193. The molecule has 0 bridgehead atoms. The molecule has 1 aromatic rings. The monoisotopic (exact) mass is 315 g/mol. The minimum Gasteiger partial charge on any atom is -0.349 e. The van der Waals surface area contributed by atoms with Crippen LogP contribution >= 0.6 is 10.7 Å². The molecule has 110 valence electrons. The molecular weight excluding hydrogens is 298 g/mol. The van der Waals surface area contributed by atoms with Gasteiger partial charge in [-0.2, -0.15) is 0 Å². The average molecular weight is 316 g/mol. The predicted molar refractivity (Wildman–Crippen MR) is 78.6 cm³/mol. The second-order valence-electron chi connectivity index (χ2n) is 5.22. The first-order valence-corrected chi connectivity index (χ1v) is 9.05. The lowest BCUT2D eigenvalue weighted by atomic mass is 9.95. The molecule has 1 aromatic carbocycles. The number of benzene rings is 1. The van der Waals surface area contributed by atoms with Crippen LogP contribution in [0.25, 0.3) is 0 Å². The Hall–Kier alpha value is -1.07. The lowest BCUT2D eigenvalue weighted by Gasteiger charge is -2.23. The number of nitrogens with one attached hydrogen (secondary N) is 1. The van der Waals surface area contributed by atoms with Crippen LogP contribution in [0, 0.1) is 6.92 Å². The van der Waals surface area contributed by atoms with E-state index in [0.717, 1.165) is 25.7 Å². The normalized spacial score (nSPS) is 16.9. The fourth-order valence-electron chi connectivity index (χ4n) is 2.55. The van der Waals surface area contributed by atoms with Gasteiger partial charge in [0.25, 0.3) is 15.0 Å². The Morgan fingerprint density at radius 1 is 1.25 bits per heavy atom. The lowest BCUT2D eigenvalue weighted by Crippen LogP contribution is -2.36. The van der Waals surface area contributed by atoms with E-state index in [2.05, 4.69) is 5.32 Å². The van der Waals surface area contributed by atoms with Gasteiger partial charge in [-0.3, -0.25) is 4.79 Å². The maximum Gasteiger partial charge on any atom is 0.261 e. The van der Waals surface area contributed by atoms with E-state index in [9.17, 15) is 13.2 Å². The number of hydrogen-bond donors (Lipinski definition) is 1. The van der Waals surface area contributed by atoms with Gasteiger partial charge in [0, 0.05) is 22.3 Å². The molecule has 0 radical (unpaired) electrons. The number of rotatable bonds is 3. The zero-order chi connectivity index (χ0) is 14.8. The maximum absolute atomic E-state index is 12.2. The maximum atomic E-state index is 12.2. The predicted octanol–water partition coefficient (Wildman–Crippen LogP) is 2.99. The number of amides is 1. The van der Waals surface area contributed by atoms with Gasteiger partial charge in [0.1, 0.15) is 0 Å². The Bertz CT molecular complexity index is 607. The minimum atomic E-state index is -3.75. The molecule has 1 aliphatic carbocycles. The van der Waals surface area contributed by atoms with Gasteiger partial charge in [-0.1, -0.05) is 19.3 Å². The third kappa shape index (κ3) is 3.73. The van der Waals surface area contributed by atoms with E-state index in [1.807, 2.05) is 0 Å². The van der Waals surface area contributed by atoms with E-state index in [1.54, 1.807) is 6.92 Å². The molecular formula is C14H18ClNO3S. The van der Waals surface area contributed by atoms with Crippen molar-refractivity contribution in [3.8, 4) is 0 Å². The summed E-state index contributed by atoms with van der Waals surface area (Å²) < 4.78 is 22.5. The molecule has 2 rings (SSSR count). The van der Waals surface area contributed by atoms with Crippen molar-refractivity contribution in [1.29, 1.82) is 0 Å². The standard InChI is InChI=1S/C14H18ClNO3S/c1-10-9-12(20(15,18)19)7-8-13(10)14(17)16-11-5-3-2-4-6-11/h7-9,11H,2-6H2,1H3,(H,16,17). The Morgan fingerprint density at radius 2 is 1.90 bits per heavy atom. The third-order valence-electron chi connectivity index (χ3n) is 3.66. The summed E-state index contributed by atoms with van der Waals surface area (Å²) in [5.74, 6) is -0.145. The van der Waals surface area contributed by atoms with Gasteiger partial charge in [0.05, 0.1) is 4.90 Å². The Morgan fingerprint density at radius 3 is 2.45 bits per heavy atom. The lowest BCUT2D eigenvalue weighted by molar-refractivity contribution is 0.0927. The number of carbonyl (C=O) groups excluding carboxylic acids is 1. The van der Waals surface area contributed by atoms with Crippen molar-refractivity contribution in [2.24, 2.45) is 0 Å². The van der Waals surface area contributed by atoms with Crippen molar-refractivity contribution >= 4 is 25.6 Å². The van der Waals surface area contributed by atoms with Crippen molar-refractivity contribution in [3.63, 3.8) is 0 Å². The summed E-state index contributed by atoms with van der Waals surface area (Å²) in [6.07, 6.45) is 5.55. The highest BCUT2D eigenvalue weighted by molar-refractivity contribution is 8.13. The van der Waals surface area contributed by atoms with Crippen LogP contribution in [0.5, 0.6) is 0 Å². The molecule has 0 saturated heterocycles. The van der Waals surface area contributed by atoms with Crippen molar-refractivity contribution in [3.05, 3.63) is 29.3 Å². The Labute approximate surface area is 123 Å². The molecule has 20 heavy (non-hydrogen) atoms. The highest BCUT2D eigenvalue weighted by Gasteiger charge is 2.19. The molecule has 0 aliphatic heterocycles. The Kier molecular flexibility index (Phi) is 4.70. The van der Waals surface area contributed by atoms with Gasteiger partial charge in [0.15, 0.2) is 0 Å². The van der Waals surface area contributed by atoms with Crippen LogP contribution < -0.4 is 5.32 Å². The molecule has 0 heterocycles. The van der Waals surface area contributed by atoms with Crippen LogP contribution in [0.1, 0.15) is 48.0 Å². The van der Waals surface area contributed by atoms with Gasteiger partial charge in [-0.25, -0.2) is 8.42 Å². The zero-order valence-electron chi connectivity index (χ0n) is 11.4. The molecule has 6 heteroatoms. The second-order valence-corrected chi connectivity index (χ2v) is 7.79. The molecule has 0 aromatic heterocycles. The SMILES string of the molecule is Cc1cc(S(=O)(=O)Cl)ccc1C(=O)NC1CCCCC1. The first-order chi connectivity index (χ1) is 9.38. The van der Waals surface area contributed by atoms with Crippen LogP contribution in [0.3, 0.4) is 0 Å². The van der Waals surface area contributed by atoms with Gasteiger partial charge in [-0.05, 0) is 43.5 Å². The fraction of sp³-hybridized carbons (Fsp3) is 0.500. The molecule has 1 N–H and O–H groups in total. The largest absolute Gasteiger partial charge is 0.349 e. The molecule has 4 nitrogen and oxygen atoms in total. The van der Waals surface area contributed by atoms with Crippen LogP contribution in [0.4, 0.5) is 0 Å². The molecule has 1 saturated carbocycles. The Balaban J connectivity index is 2.14. The van der Waals surface area contributed by atoms with E-state index < -0.39 is 9.05 Å². The van der Waals surface area contributed by atoms with Crippen LogP contribution in [-0.4, -0.2) is 20.4 Å². The van der Waals surface area contributed by atoms with E-state index >= 15 is 0 Å². The van der Waals surface area contributed by atoms with Crippen molar-refractivity contribution in [2.45, 2.75) is 50.0 Å².